The molecule has 0 saturated carbocycles. The van der Waals surface area contributed by atoms with E-state index in [1.165, 1.54) is 0 Å². The first-order valence-electron chi connectivity index (χ1n) is 8.51. The summed E-state index contributed by atoms with van der Waals surface area (Å²) in [4.78, 5) is 18.8. The van der Waals surface area contributed by atoms with Gasteiger partial charge in [0.25, 0.3) is 5.91 Å². The van der Waals surface area contributed by atoms with Crippen LogP contribution in [0.3, 0.4) is 0 Å². The molecular formula is C21H22N4O2. The molecule has 6 heteroatoms. The van der Waals surface area contributed by atoms with Crippen molar-refractivity contribution in [3.05, 3.63) is 72.6 Å². The average molecular weight is 362 g/mol. The Morgan fingerprint density at radius 3 is 2.44 bits per heavy atom. The number of methoxy groups -OCH3 is 1. The molecule has 1 aromatic heterocycles. The largest absolute Gasteiger partial charge is 0.495 e. The number of benzene rings is 2. The maximum atomic E-state index is 12.5. The molecule has 0 aliphatic carbocycles. The molecule has 3 rings (SSSR count). The summed E-state index contributed by atoms with van der Waals surface area (Å²) in [5.74, 6) is 0.298. The zero-order chi connectivity index (χ0) is 19.2. The normalized spacial score (nSPS) is 10.2. The van der Waals surface area contributed by atoms with Crippen molar-refractivity contribution in [2.75, 3.05) is 36.7 Å². The summed E-state index contributed by atoms with van der Waals surface area (Å²) in [5.41, 5.74) is 3.75. The number of carbonyl (C=O) groups excluding carboxylic acids is 1. The fourth-order valence-corrected chi connectivity index (χ4v) is 2.58. The minimum atomic E-state index is -0.300. The number of pyridine rings is 1. The van der Waals surface area contributed by atoms with E-state index in [9.17, 15) is 4.79 Å². The van der Waals surface area contributed by atoms with Gasteiger partial charge in [0, 0.05) is 37.4 Å². The molecule has 0 aliphatic heterocycles. The second-order valence-electron chi connectivity index (χ2n) is 6.15. The van der Waals surface area contributed by atoms with Gasteiger partial charge < -0.3 is 20.3 Å². The van der Waals surface area contributed by atoms with Crippen molar-refractivity contribution < 1.29 is 9.53 Å². The molecule has 0 saturated heterocycles. The third-order valence-electron chi connectivity index (χ3n) is 4.02. The molecule has 2 N–H and O–H groups in total. The summed E-state index contributed by atoms with van der Waals surface area (Å²) in [6.45, 7) is 0. The van der Waals surface area contributed by atoms with Crippen LogP contribution in [0, 0.1) is 0 Å². The molecule has 27 heavy (non-hydrogen) atoms. The van der Waals surface area contributed by atoms with Crippen LogP contribution in [-0.2, 0) is 0 Å². The zero-order valence-electron chi connectivity index (χ0n) is 15.6. The lowest BCUT2D eigenvalue weighted by atomic mass is 10.2. The smallest absolute Gasteiger partial charge is 0.274 e. The van der Waals surface area contributed by atoms with E-state index in [4.69, 9.17) is 4.74 Å². The SMILES string of the molecule is COc1ccccc1NC(=O)c1cc(Nc2ccc(N(C)C)cc2)ccn1. The van der Waals surface area contributed by atoms with Crippen LogP contribution in [0.4, 0.5) is 22.7 Å². The molecule has 2 aromatic carbocycles. The van der Waals surface area contributed by atoms with Crippen LogP contribution in [0.2, 0.25) is 0 Å². The van der Waals surface area contributed by atoms with E-state index in [0.717, 1.165) is 17.1 Å². The van der Waals surface area contributed by atoms with Crippen molar-refractivity contribution in [1.82, 2.24) is 4.98 Å². The Balaban J connectivity index is 1.73. The predicted molar refractivity (Wildman–Crippen MR) is 109 cm³/mol. The Bertz CT molecular complexity index is 923. The fraction of sp³-hybridized carbons (Fsp3) is 0.143. The molecule has 0 fully saturated rings. The summed E-state index contributed by atoms with van der Waals surface area (Å²) in [5, 5.41) is 6.12. The van der Waals surface area contributed by atoms with Crippen LogP contribution in [0.25, 0.3) is 0 Å². The molecular weight excluding hydrogens is 340 g/mol. The first-order chi connectivity index (χ1) is 13.1. The van der Waals surface area contributed by atoms with Gasteiger partial charge in [-0.2, -0.15) is 0 Å². The van der Waals surface area contributed by atoms with Gasteiger partial charge in [-0.25, -0.2) is 0 Å². The molecule has 138 valence electrons. The van der Waals surface area contributed by atoms with E-state index in [1.54, 1.807) is 31.5 Å². The topological polar surface area (TPSA) is 66.5 Å². The number of rotatable bonds is 6. The molecule has 3 aromatic rings. The van der Waals surface area contributed by atoms with Gasteiger partial charge >= 0.3 is 0 Å². The van der Waals surface area contributed by atoms with E-state index in [1.807, 2.05) is 61.5 Å². The van der Waals surface area contributed by atoms with Crippen molar-refractivity contribution in [2.45, 2.75) is 0 Å². The van der Waals surface area contributed by atoms with Gasteiger partial charge in [-0.3, -0.25) is 9.78 Å². The second kappa shape index (κ2) is 8.23. The number of anilines is 4. The summed E-state index contributed by atoms with van der Waals surface area (Å²) in [6.07, 6.45) is 1.60. The summed E-state index contributed by atoms with van der Waals surface area (Å²) in [6, 6.07) is 18.8. The highest BCUT2D eigenvalue weighted by atomic mass is 16.5. The summed E-state index contributed by atoms with van der Waals surface area (Å²) >= 11 is 0. The third-order valence-corrected chi connectivity index (χ3v) is 4.02. The maximum absolute atomic E-state index is 12.5. The molecule has 1 amide bonds. The highest BCUT2D eigenvalue weighted by Crippen LogP contribution is 2.24. The zero-order valence-corrected chi connectivity index (χ0v) is 15.6. The average Bonchev–Trinajstić information content (AvgIpc) is 2.69. The molecule has 1 heterocycles. The number of nitrogens with one attached hydrogen (secondary N) is 2. The number of hydrogen-bond acceptors (Lipinski definition) is 5. The van der Waals surface area contributed by atoms with E-state index in [2.05, 4.69) is 15.6 Å². The minimum Gasteiger partial charge on any atom is -0.495 e. The molecule has 0 unspecified atom stereocenters. The third kappa shape index (κ3) is 4.55. The van der Waals surface area contributed by atoms with Crippen molar-refractivity contribution in [1.29, 1.82) is 0 Å². The lowest BCUT2D eigenvalue weighted by Crippen LogP contribution is -2.14. The Labute approximate surface area is 158 Å². The van der Waals surface area contributed by atoms with E-state index >= 15 is 0 Å². The quantitative estimate of drug-likeness (QED) is 0.689. The predicted octanol–water partition coefficient (Wildman–Crippen LogP) is 4.15. The Morgan fingerprint density at radius 2 is 1.74 bits per heavy atom. The number of para-hydroxylation sites is 2. The van der Waals surface area contributed by atoms with Crippen LogP contribution in [0.15, 0.2) is 66.9 Å². The van der Waals surface area contributed by atoms with Crippen molar-refractivity contribution >= 4 is 28.7 Å². The highest BCUT2D eigenvalue weighted by molar-refractivity contribution is 6.04. The van der Waals surface area contributed by atoms with E-state index < -0.39 is 0 Å². The van der Waals surface area contributed by atoms with E-state index in [-0.39, 0.29) is 5.91 Å². The standard InChI is InChI=1S/C21H22N4O2/c1-25(2)17-10-8-15(9-11-17)23-16-12-13-22-19(14-16)21(26)24-18-6-4-5-7-20(18)27-3/h4-14H,1-3H3,(H,22,23)(H,24,26). The van der Waals surface area contributed by atoms with Gasteiger partial charge in [0.15, 0.2) is 0 Å². The van der Waals surface area contributed by atoms with Crippen LogP contribution in [-0.4, -0.2) is 32.1 Å². The monoisotopic (exact) mass is 362 g/mol. The van der Waals surface area contributed by atoms with E-state index in [0.29, 0.717) is 17.1 Å². The molecule has 0 bridgehead atoms. The molecule has 0 radical (unpaired) electrons. The highest BCUT2D eigenvalue weighted by Gasteiger charge is 2.11. The molecule has 0 atom stereocenters. The molecule has 0 aliphatic rings. The molecule has 6 nitrogen and oxygen atoms in total. The van der Waals surface area contributed by atoms with Crippen molar-refractivity contribution in [3.8, 4) is 5.75 Å². The number of nitrogens with zero attached hydrogens (tertiary/aromatic N) is 2. The van der Waals surface area contributed by atoms with Crippen LogP contribution in [0.5, 0.6) is 5.75 Å². The first kappa shape index (κ1) is 18.3. The van der Waals surface area contributed by atoms with Gasteiger partial charge in [0.2, 0.25) is 0 Å². The van der Waals surface area contributed by atoms with Gasteiger partial charge in [-0.05, 0) is 48.5 Å². The summed E-state index contributed by atoms with van der Waals surface area (Å²) in [7, 11) is 5.56. The number of carbonyl (C=O) groups is 1. The van der Waals surface area contributed by atoms with Crippen LogP contribution in [0.1, 0.15) is 10.5 Å². The lowest BCUT2D eigenvalue weighted by molar-refractivity contribution is 0.102. The maximum Gasteiger partial charge on any atom is 0.274 e. The molecule has 0 spiro atoms. The Hall–Kier alpha value is -3.54. The number of amides is 1. The van der Waals surface area contributed by atoms with Crippen LogP contribution >= 0.6 is 0 Å². The lowest BCUT2D eigenvalue weighted by Gasteiger charge is -2.14. The number of ether oxygens (including phenoxy) is 1. The first-order valence-corrected chi connectivity index (χ1v) is 8.51. The van der Waals surface area contributed by atoms with Gasteiger partial charge in [0.05, 0.1) is 12.8 Å². The summed E-state index contributed by atoms with van der Waals surface area (Å²) < 4.78 is 5.26. The number of aromatic nitrogens is 1. The Kier molecular flexibility index (Phi) is 5.56. The second-order valence-corrected chi connectivity index (χ2v) is 6.15. The van der Waals surface area contributed by atoms with Crippen molar-refractivity contribution in [2.24, 2.45) is 0 Å². The Morgan fingerprint density at radius 1 is 1.00 bits per heavy atom. The van der Waals surface area contributed by atoms with Crippen LogP contribution < -0.4 is 20.3 Å². The van der Waals surface area contributed by atoms with Gasteiger partial charge in [0.1, 0.15) is 11.4 Å². The van der Waals surface area contributed by atoms with Gasteiger partial charge in [-0.15, -0.1) is 0 Å². The fourth-order valence-electron chi connectivity index (χ4n) is 2.58. The minimum absolute atomic E-state index is 0.300. The van der Waals surface area contributed by atoms with Crippen molar-refractivity contribution in [3.63, 3.8) is 0 Å². The number of hydrogen-bond donors (Lipinski definition) is 2. The van der Waals surface area contributed by atoms with Gasteiger partial charge in [-0.1, -0.05) is 12.1 Å².